The van der Waals surface area contributed by atoms with Gasteiger partial charge >= 0.3 is 6.09 Å². The number of hydrogen-bond acceptors (Lipinski definition) is 2. The van der Waals surface area contributed by atoms with Crippen molar-refractivity contribution in [1.82, 2.24) is 4.90 Å². The van der Waals surface area contributed by atoms with Gasteiger partial charge in [-0.25, -0.2) is 4.79 Å². The topological polar surface area (TPSA) is 66.6 Å². The second-order valence-electron chi connectivity index (χ2n) is 5.60. The van der Waals surface area contributed by atoms with Crippen LogP contribution in [0.25, 0.3) is 0 Å². The van der Waals surface area contributed by atoms with Gasteiger partial charge in [0.2, 0.25) is 0 Å². The summed E-state index contributed by atoms with van der Waals surface area (Å²) in [6.45, 7) is 7.87. The van der Waals surface area contributed by atoms with E-state index >= 15 is 0 Å². The minimum Gasteiger partial charge on any atom is -0.465 e. The number of nitrogens with two attached hydrogens (primary N) is 1. The Hall–Kier alpha value is -0.770. The van der Waals surface area contributed by atoms with Crippen molar-refractivity contribution in [2.24, 2.45) is 11.7 Å². The van der Waals surface area contributed by atoms with E-state index in [4.69, 9.17) is 5.73 Å². The number of carbonyl (C=O) groups is 1. The molecule has 4 nitrogen and oxygen atoms in total. The third-order valence-electron chi connectivity index (χ3n) is 3.14. The SMILES string of the molecule is CC1CC(N)CC1N(C(=O)O)C(C)(C)C. The fourth-order valence-electron chi connectivity index (χ4n) is 2.56. The van der Waals surface area contributed by atoms with Crippen LogP contribution in [0, 0.1) is 5.92 Å². The van der Waals surface area contributed by atoms with Crippen molar-refractivity contribution in [2.75, 3.05) is 0 Å². The molecule has 1 aliphatic carbocycles. The lowest BCUT2D eigenvalue weighted by molar-refractivity contribution is 0.0593. The van der Waals surface area contributed by atoms with Crippen LogP contribution in [-0.2, 0) is 0 Å². The molecule has 3 atom stereocenters. The molecular weight excluding hydrogens is 192 g/mol. The van der Waals surface area contributed by atoms with Crippen LogP contribution in [0.5, 0.6) is 0 Å². The summed E-state index contributed by atoms with van der Waals surface area (Å²) in [6, 6.07) is 0.215. The fourth-order valence-corrected chi connectivity index (χ4v) is 2.56. The molecule has 1 saturated carbocycles. The van der Waals surface area contributed by atoms with Crippen LogP contribution in [0.3, 0.4) is 0 Å². The van der Waals surface area contributed by atoms with Crippen LogP contribution in [-0.4, -0.2) is 33.7 Å². The predicted octanol–water partition coefficient (Wildman–Crippen LogP) is 1.89. The molecule has 0 aromatic carbocycles. The van der Waals surface area contributed by atoms with Crippen LogP contribution >= 0.6 is 0 Å². The molecule has 1 rings (SSSR count). The van der Waals surface area contributed by atoms with Crippen molar-refractivity contribution in [3.63, 3.8) is 0 Å². The zero-order valence-corrected chi connectivity index (χ0v) is 10.0. The molecule has 15 heavy (non-hydrogen) atoms. The van der Waals surface area contributed by atoms with E-state index in [1.54, 1.807) is 4.90 Å². The Morgan fingerprint density at radius 1 is 1.40 bits per heavy atom. The van der Waals surface area contributed by atoms with Gasteiger partial charge in [-0.2, -0.15) is 0 Å². The lowest BCUT2D eigenvalue weighted by Crippen LogP contribution is -2.52. The van der Waals surface area contributed by atoms with E-state index in [0.717, 1.165) is 12.8 Å². The molecule has 0 bridgehead atoms. The van der Waals surface area contributed by atoms with Crippen LogP contribution in [0.4, 0.5) is 4.79 Å². The maximum atomic E-state index is 11.3. The second kappa shape index (κ2) is 4.00. The Balaban J connectivity index is 2.86. The van der Waals surface area contributed by atoms with Crippen LogP contribution in [0.15, 0.2) is 0 Å². The average molecular weight is 214 g/mol. The van der Waals surface area contributed by atoms with Gasteiger partial charge in [0, 0.05) is 17.6 Å². The number of rotatable bonds is 1. The first-order valence-corrected chi connectivity index (χ1v) is 5.51. The van der Waals surface area contributed by atoms with Gasteiger partial charge in [0.25, 0.3) is 0 Å². The predicted molar refractivity (Wildman–Crippen MR) is 59.8 cm³/mol. The van der Waals surface area contributed by atoms with Gasteiger partial charge < -0.3 is 15.7 Å². The highest BCUT2D eigenvalue weighted by molar-refractivity contribution is 5.66. The minimum atomic E-state index is -0.839. The van der Waals surface area contributed by atoms with Crippen molar-refractivity contribution in [1.29, 1.82) is 0 Å². The number of carboxylic acid groups (broad SMARTS) is 1. The molecule has 4 heteroatoms. The molecular formula is C11H22N2O2. The summed E-state index contributed by atoms with van der Waals surface area (Å²) in [7, 11) is 0. The van der Waals surface area contributed by atoms with Crippen molar-refractivity contribution < 1.29 is 9.90 Å². The van der Waals surface area contributed by atoms with Crippen molar-refractivity contribution in [3.8, 4) is 0 Å². The lowest BCUT2D eigenvalue weighted by atomic mass is 9.98. The molecule has 1 amide bonds. The van der Waals surface area contributed by atoms with Crippen molar-refractivity contribution in [2.45, 2.75) is 58.2 Å². The first-order chi connectivity index (χ1) is 6.73. The first kappa shape index (κ1) is 12.3. The van der Waals surface area contributed by atoms with Crippen LogP contribution < -0.4 is 5.73 Å². The third-order valence-corrected chi connectivity index (χ3v) is 3.14. The Morgan fingerprint density at radius 2 is 1.93 bits per heavy atom. The highest BCUT2D eigenvalue weighted by Crippen LogP contribution is 2.33. The third kappa shape index (κ3) is 2.62. The number of hydrogen-bond donors (Lipinski definition) is 2. The Labute approximate surface area is 91.4 Å². The van der Waals surface area contributed by atoms with E-state index in [0.29, 0.717) is 5.92 Å². The normalized spacial score (nSPS) is 31.7. The van der Waals surface area contributed by atoms with Crippen molar-refractivity contribution in [3.05, 3.63) is 0 Å². The average Bonchev–Trinajstić information content (AvgIpc) is 2.26. The summed E-state index contributed by atoms with van der Waals surface area (Å²) < 4.78 is 0. The quantitative estimate of drug-likeness (QED) is 0.700. The van der Waals surface area contributed by atoms with Crippen LogP contribution in [0.2, 0.25) is 0 Å². The van der Waals surface area contributed by atoms with Gasteiger partial charge in [-0.1, -0.05) is 6.92 Å². The molecule has 1 aliphatic rings. The number of amides is 1. The van der Waals surface area contributed by atoms with Crippen molar-refractivity contribution >= 4 is 6.09 Å². The maximum absolute atomic E-state index is 11.3. The molecule has 0 aromatic rings. The summed E-state index contributed by atoms with van der Waals surface area (Å²) in [6.07, 6.45) is 0.864. The molecule has 1 fully saturated rings. The second-order valence-corrected chi connectivity index (χ2v) is 5.60. The monoisotopic (exact) mass is 214 g/mol. The molecule has 0 aliphatic heterocycles. The standard InChI is InChI=1S/C11H22N2O2/c1-7-5-8(12)6-9(7)13(10(14)15)11(2,3)4/h7-9H,5-6,12H2,1-4H3,(H,14,15). The molecule has 0 aromatic heterocycles. The maximum Gasteiger partial charge on any atom is 0.407 e. The molecule has 0 spiro atoms. The van der Waals surface area contributed by atoms with E-state index in [-0.39, 0.29) is 17.6 Å². The molecule has 3 unspecified atom stereocenters. The van der Waals surface area contributed by atoms with Gasteiger partial charge in [0.15, 0.2) is 0 Å². The van der Waals surface area contributed by atoms with Gasteiger partial charge in [-0.05, 0) is 39.5 Å². The smallest absolute Gasteiger partial charge is 0.407 e. The highest BCUT2D eigenvalue weighted by Gasteiger charge is 2.40. The van der Waals surface area contributed by atoms with Gasteiger partial charge in [0.05, 0.1) is 0 Å². The van der Waals surface area contributed by atoms with E-state index in [2.05, 4.69) is 6.92 Å². The van der Waals surface area contributed by atoms with Gasteiger partial charge in [0.1, 0.15) is 0 Å². The zero-order chi connectivity index (χ0) is 11.8. The summed E-state index contributed by atoms with van der Waals surface area (Å²) in [5.74, 6) is 0.357. The lowest BCUT2D eigenvalue weighted by Gasteiger charge is -2.39. The van der Waals surface area contributed by atoms with Gasteiger partial charge in [-0.3, -0.25) is 0 Å². The Bertz CT molecular complexity index is 247. The fraction of sp³-hybridized carbons (Fsp3) is 0.909. The molecule has 88 valence electrons. The molecule has 0 heterocycles. The molecule has 3 N–H and O–H groups in total. The van der Waals surface area contributed by atoms with E-state index in [1.807, 2.05) is 20.8 Å². The first-order valence-electron chi connectivity index (χ1n) is 5.51. The highest BCUT2D eigenvalue weighted by atomic mass is 16.4. The van der Waals surface area contributed by atoms with E-state index < -0.39 is 6.09 Å². The van der Waals surface area contributed by atoms with E-state index in [9.17, 15) is 9.90 Å². The Kier molecular flexibility index (Phi) is 3.28. The van der Waals surface area contributed by atoms with Crippen LogP contribution in [0.1, 0.15) is 40.5 Å². The summed E-state index contributed by atoms with van der Waals surface area (Å²) in [4.78, 5) is 12.8. The Morgan fingerprint density at radius 3 is 2.20 bits per heavy atom. The minimum absolute atomic E-state index is 0.0671. The summed E-state index contributed by atoms with van der Waals surface area (Å²) in [5.41, 5.74) is 5.52. The van der Waals surface area contributed by atoms with Gasteiger partial charge in [-0.15, -0.1) is 0 Å². The number of nitrogens with zero attached hydrogens (tertiary/aromatic N) is 1. The summed E-state index contributed by atoms with van der Waals surface area (Å²) in [5, 5.41) is 9.26. The summed E-state index contributed by atoms with van der Waals surface area (Å²) >= 11 is 0. The zero-order valence-electron chi connectivity index (χ0n) is 10.0. The van der Waals surface area contributed by atoms with E-state index in [1.165, 1.54) is 0 Å². The largest absolute Gasteiger partial charge is 0.465 e. The molecule has 0 radical (unpaired) electrons. The molecule has 0 saturated heterocycles.